The number of rotatable bonds is 3. The van der Waals surface area contributed by atoms with E-state index in [2.05, 4.69) is 5.32 Å². The summed E-state index contributed by atoms with van der Waals surface area (Å²) >= 11 is 0. The lowest BCUT2D eigenvalue weighted by Crippen LogP contribution is -2.40. The fourth-order valence-electron chi connectivity index (χ4n) is 1.18. The SMILES string of the molecule is CC(C)(C)NC(=O)OCc1ccc(C=O)cc1. The Labute approximate surface area is 101 Å². The van der Waals surface area contributed by atoms with Gasteiger partial charge in [0, 0.05) is 11.1 Å². The van der Waals surface area contributed by atoms with Crippen LogP contribution >= 0.6 is 0 Å². The van der Waals surface area contributed by atoms with Crippen molar-refractivity contribution in [3.05, 3.63) is 35.4 Å². The molecule has 1 amide bonds. The molecule has 0 aliphatic heterocycles. The average Bonchev–Trinajstić information content (AvgIpc) is 2.25. The van der Waals surface area contributed by atoms with Crippen LogP contribution in [0, 0.1) is 0 Å². The van der Waals surface area contributed by atoms with Gasteiger partial charge in [0.15, 0.2) is 0 Å². The Morgan fingerprint density at radius 3 is 2.35 bits per heavy atom. The molecule has 1 aromatic rings. The van der Waals surface area contributed by atoms with Crippen molar-refractivity contribution in [3.63, 3.8) is 0 Å². The number of amides is 1. The highest BCUT2D eigenvalue weighted by Gasteiger charge is 2.14. The second-order valence-corrected chi connectivity index (χ2v) is 4.81. The summed E-state index contributed by atoms with van der Waals surface area (Å²) < 4.78 is 5.04. The number of hydrogen-bond donors (Lipinski definition) is 1. The highest BCUT2D eigenvalue weighted by molar-refractivity contribution is 5.74. The number of hydrogen-bond acceptors (Lipinski definition) is 3. The number of aldehydes is 1. The standard InChI is InChI=1S/C13H17NO3/c1-13(2,3)14-12(16)17-9-11-6-4-10(8-15)5-7-11/h4-8H,9H2,1-3H3,(H,14,16). The Morgan fingerprint density at radius 1 is 1.29 bits per heavy atom. The van der Waals surface area contributed by atoms with Gasteiger partial charge in [0.25, 0.3) is 0 Å². The minimum Gasteiger partial charge on any atom is -0.445 e. The van der Waals surface area contributed by atoms with Crippen LogP contribution in [0.3, 0.4) is 0 Å². The molecule has 0 aromatic heterocycles. The van der Waals surface area contributed by atoms with Gasteiger partial charge in [-0.25, -0.2) is 4.79 Å². The van der Waals surface area contributed by atoms with Gasteiger partial charge in [0.1, 0.15) is 12.9 Å². The van der Waals surface area contributed by atoms with E-state index in [9.17, 15) is 9.59 Å². The van der Waals surface area contributed by atoms with E-state index in [1.54, 1.807) is 24.3 Å². The Bertz CT molecular complexity index is 390. The third-order valence-electron chi connectivity index (χ3n) is 1.96. The first-order valence-corrected chi connectivity index (χ1v) is 5.40. The van der Waals surface area contributed by atoms with E-state index < -0.39 is 6.09 Å². The summed E-state index contributed by atoms with van der Waals surface area (Å²) in [6, 6.07) is 6.89. The van der Waals surface area contributed by atoms with Gasteiger partial charge in [-0.2, -0.15) is 0 Å². The zero-order valence-electron chi connectivity index (χ0n) is 10.3. The Balaban J connectivity index is 2.44. The Hall–Kier alpha value is -1.84. The second kappa shape index (κ2) is 5.48. The van der Waals surface area contributed by atoms with Crippen LogP contribution in [-0.4, -0.2) is 17.9 Å². The number of alkyl carbamates (subject to hydrolysis) is 1. The summed E-state index contributed by atoms with van der Waals surface area (Å²) in [7, 11) is 0. The molecule has 0 fully saturated rings. The lowest BCUT2D eigenvalue weighted by Gasteiger charge is -2.19. The molecule has 0 atom stereocenters. The van der Waals surface area contributed by atoms with Gasteiger partial charge in [-0.1, -0.05) is 24.3 Å². The predicted octanol–water partition coefficient (Wildman–Crippen LogP) is 2.52. The summed E-state index contributed by atoms with van der Waals surface area (Å²) in [6.07, 6.45) is 0.327. The molecule has 0 bridgehead atoms. The summed E-state index contributed by atoms with van der Waals surface area (Å²) in [5.41, 5.74) is 1.14. The second-order valence-electron chi connectivity index (χ2n) is 4.81. The maximum absolute atomic E-state index is 11.4. The molecule has 4 nitrogen and oxygen atoms in total. The van der Waals surface area contributed by atoms with Crippen molar-refractivity contribution in [2.75, 3.05) is 0 Å². The molecular formula is C13H17NO3. The largest absolute Gasteiger partial charge is 0.445 e. The molecule has 1 N–H and O–H groups in total. The third-order valence-corrected chi connectivity index (χ3v) is 1.96. The summed E-state index contributed by atoms with van der Waals surface area (Å²) in [5.74, 6) is 0. The molecule has 17 heavy (non-hydrogen) atoms. The molecule has 92 valence electrons. The van der Waals surface area contributed by atoms with Crippen LogP contribution in [0.2, 0.25) is 0 Å². The average molecular weight is 235 g/mol. The molecule has 0 radical (unpaired) electrons. The van der Waals surface area contributed by atoms with Crippen LogP contribution in [0.1, 0.15) is 36.7 Å². The van der Waals surface area contributed by atoms with Crippen LogP contribution in [0.25, 0.3) is 0 Å². The molecule has 0 spiro atoms. The topological polar surface area (TPSA) is 55.4 Å². The summed E-state index contributed by atoms with van der Waals surface area (Å²) in [6.45, 7) is 5.84. The lowest BCUT2D eigenvalue weighted by atomic mass is 10.1. The van der Waals surface area contributed by atoms with Crippen molar-refractivity contribution in [3.8, 4) is 0 Å². The van der Waals surface area contributed by atoms with E-state index in [-0.39, 0.29) is 12.1 Å². The maximum Gasteiger partial charge on any atom is 0.407 e. The highest BCUT2D eigenvalue weighted by atomic mass is 16.5. The minimum absolute atomic E-state index is 0.195. The zero-order valence-corrected chi connectivity index (χ0v) is 10.3. The molecule has 0 saturated carbocycles. The molecule has 4 heteroatoms. The van der Waals surface area contributed by atoms with Crippen molar-refractivity contribution in [1.29, 1.82) is 0 Å². The predicted molar refractivity (Wildman–Crippen MR) is 64.9 cm³/mol. The van der Waals surface area contributed by atoms with Crippen LogP contribution in [0.4, 0.5) is 4.79 Å². The van der Waals surface area contributed by atoms with Gasteiger partial charge >= 0.3 is 6.09 Å². The highest BCUT2D eigenvalue weighted by Crippen LogP contribution is 2.05. The van der Waals surface area contributed by atoms with Gasteiger partial charge < -0.3 is 10.1 Å². The fraction of sp³-hybridized carbons (Fsp3) is 0.385. The van der Waals surface area contributed by atoms with Crippen LogP contribution < -0.4 is 5.32 Å². The van der Waals surface area contributed by atoms with Gasteiger partial charge in [-0.3, -0.25) is 4.79 Å². The molecule has 0 saturated heterocycles. The van der Waals surface area contributed by atoms with E-state index in [1.165, 1.54) is 0 Å². The van der Waals surface area contributed by atoms with E-state index in [4.69, 9.17) is 4.74 Å². The number of benzene rings is 1. The van der Waals surface area contributed by atoms with Crippen molar-refractivity contribution in [2.24, 2.45) is 0 Å². The number of nitrogens with one attached hydrogen (secondary N) is 1. The van der Waals surface area contributed by atoms with Crippen LogP contribution in [-0.2, 0) is 11.3 Å². The van der Waals surface area contributed by atoms with Gasteiger partial charge in [-0.15, -0.1) is 0 Å². The number of carbonyl (C=O) groups is 2. The molecule has 1 aromatic carbocycles. The monoisotopic (exact) mass is 235 g/mol. The summed E-state index contributed by atoms with van der Waals surface area (Å²) in [5, 5.41) is 2.69. The fourth-order valence-corrected chi connectivity index (χ4v) is 1.18. The van der Waals surface area contributed by atoms with E-state index in [1.807, 2.05) is 20.8 Å². The normalized spacial score (nSPS) is 10.8. The smallest absolute Gasteiger partial charge is 0.407 e. The number of carbonyl (C=O) groups excluding carboxylic acids is 2. The van der Waals surface area contributed by atoms with Crippen molar-refractivity contribution < 1.29 is 14.3 Å². The van der Waals surface area contributed by atoms with Gasteiger partial charge in [-0.05, 0) is 26.3 Å². The molecule has 1 rings (SSSR count). The quantitative estimate of drug-likeness (QED) is 0.819. The Kier molecular flexibility index (Phi) is 4.26. The van der Waals surface area contributed by atoms with Crippen molar-refractivity contribution in [1.82, 2.24) is 5.32 Å². The lowest BCUT2D eigenvalue weighted by molar-refractivity contribution is 0.112. The van der Waals surface area contributed by atoms with Crippen molar-refractivity contribution >= 4 is 12.4 Å². The number of ether oxygens (including phenoxy) is 1. The van der Waals surface area contributed by atoms with Gasteiger partial charge in [0.2, 0.25) is 0 Å². The van der Waals surface area contributed by atoms with E-state index in [0.29, 0.717) is 5.56 Å². The summed E-state index contributed by atoms with van der Waals surface area (Å²) in [4.78, 5) is 21.8. The molecule has 0 heterocycles. The van der Waals surface area contributed by atoms with Crippen LogP contribution in [0.15, 0.2) is 24.3 Å². The van der Waals surface area contributed by atoms with E-state index in [0.717, 1.165) is 11.8 Å². The van der Waals surface area contributed by atoms with E-state index >= 15 is 0 Å². The van der Waals surface area contributed by atoms with Gasteiger partial charge in [0.05, 0.1) is 0 Å². The maximum atomic E-state index is 11.4. The van der Waals surface area contributed by atoms with Crippen molar-refractivity contribution in [2.45, 2.75) is 32.9 Å². The zero-order chi connectivity index (χ0) is 12.9. The first-order valence-electron chi connectivity index (χ1n) is 5.40. The molecule has 0 aliphatic rings. The first kappa shape index (κ1) is 13.2. The Morgan fingerprint density at radius 2 is 1.88 bits per heavy atom. The third kappa shape index (κ3) is 5.15. The molecule has 0 unspecified atom stereocenters. The first-order chi connectivity index (χ1) is 7.90. The molecule has 0 aliphatic carbocycles. The molecular weight excluding hydrogens is 218 g/mol. The minimum atomic E-state index is -0.447. The van der Waals surface area contributed by atoms with Crippen LogP contribution in [0.5, 0.6) is 0 Å².